The molecule has 5 heteroatoms. The molecule has 1 amide bonds. The lowest BCUT2D eigenvalue weighted by Gasteiger charge is -2.32. The van der Waals surface area contributed by atoms with E-state index in [4.69, 9.17) is 9.47 Å². The molecule has 2 aliphatic rings. The van der Waals surface area contributed by atoms with Crippen LogP contribution in [0.25, 0.3) is 0 Å². The first kappa shape index (κ1) is 14.0. The van der Waals surface area contributed by atoms with Gasteiger partial charge < -0.3 is 14.4 Å². The molecule has 0 N–H and O–H groups in total. The third-order valence-corrected chi connectivity index (χ3v) is 4.95. The van der Waals surface area contributed by atoms with E-state index in [9.17, 15) is 4.79 Å². The summed E-state index contributed by atoms with van der Waals surface area (Å²) in [6.45, 7) is 1.84. The molecule has 0 unspecified atom stereocenters. The van der Waals surface area contributed by atoms with E-state index >= 15 is 0 Å². The predicted molar refractivity (Wildman–Crippen MR) is 80.0 cm³/mol. The van der Waals surface area contributed by atoms with Gasteiger partial charge >= 0.3 is 0 Å². The number of nitrogens with zero attached hydrogens (tertiary/aromatic N) is 1. The Hall–Kier alpha value is -0.910. The van der Waals surface area contributed by atoms with Gasteiger partial charge in [-0.25, -0.2) is 0 Å². The molecule has 0 atom stereocenters. The van der Waals surface area contributed by atoms with Crippen molar-refractivity contribution in [3.8, 4) is 0 Å². The van der Waals surface area contributed by atoms with Crippen LogP contribution in [-0.2, 0) is 26.3 Å². The Morgan fingerprint density at radius 2 is 2.10 bits per heavy atom. The van der Waals surface area contributed by atoms with E-state index in [0.717, 1.165) is 34.1 Å². The van der Waals surface area contributed by atoms with Crippen LogP contribution in [0.15, 0.2) is 16.6 Å². The summed E-state index contributed by atoms with van der Waals surface area (Å²) in [4.78, 5) is 14.6. The van der Waals surface area contributed by atoms with Gasteiger partial charge in [-0.05, 0) is 46.0 Å². The summed E-state index contributed by atoms with van der Waals surface area (Å²) >= 11 is 3.61. The lowest BCUT2D eigenvalue weighted by Crippen LogP contribution is -2.42. The number of benzene rings is 1. The van der Waals surface area contributed by atoms with Crippen LogP contribution in [0.3, 0.4) is 0 Å². The van der Waals surface area contributed by atoms with Crippen LogP contribution in [-0.4, -0.2) is 33.3 Å². The van der Waals surface area contributed by atoms with Crippen LogP contribution in [0.5, 0.6) is 0 Å². The third-order valence-electron chi connectivity index (χ3n) is 4.35. The molecular formula is C15H18BrNO3. The van der Waals surface area contributed by atoms with Gasteiger partial charge in [0.15, 0.2) is 0 Å². The van der Waals surface area contributed by atoms with Crippen LogP contribution >= 0.6 is 15.9 Å². The molecule has 1 fully saturated rings. The Kier molecular flexibility index (Phi) is 3.60. The van der Waals surface area contributed by atoms with Gasteiger partial charge in [-0.2, -0.15) is 0 Å². The van der Waals surface area contributed by atoms with Crippen molar-refractivity contribution in [2.24, 2.45) is 0 Å². The number of amides is 1. The number of carbonyl (C=O) groups is 1. The molecule has 1 saturated heterocycles. The highest BCUT2D eigenvalue weighted by Gasteiger charge is 2.51. The lowest BCUT2D eigenvalue weighted by atomic mass is 9.75. The standard InChI is InChI=1S/C15H18BrNO3/c1-17-13-11(7-10(9-19-2)8-12(13)16)15(14(17)18)3-5-20-6-4-15/h7-8H,3-6,9H2,1-2H3. The monoisotopic (exact) mass is 339 g/mol. The summed E-state index contributed by atoms with van der Waals surface area (Å²) in [6, 6.07) is 4.15. The number of methoxy groups -OCH3 is 1. The molecule has 0 bridgehead atoms. The minimum Gasteiger partial charge on any atom is -0.381 e. The first-order chi connectivity index (χ1) is 9.60. The smallest absolute Gasteiger partial charge is 0.237 e. The molecule has 2 aliphatic heterocycles. The van der Waals surface area contributed by atoms with E-state index in [0.29, 0.717) is 19.8 Å². The number of ether oxygens (including phenoxy) is 2. The van der Waals surface area contributed by atoms with E-state index in [1.165, 1.54) is 0 Å². The zero-order valence-electron chi connectivity index (χ0n) is 11.7. The van der Waals surface area contributed by atoms with Crippen molar-refractivity contribution in [3.63, 3.8) is 0 Å². The normalized spacial score (nSPS) is 20.6. The van der Waals surface area contributed by atoms with Gasteiger partial charge in [0.25, 0.3) is 0 Å². The minimum absolute atomic E-state index is 0.186. The van der Waals surface area contributed by atoms with Gasteiger partial charge in [0.1, 0.15) is 0 Å². The Balaban J connectivity index is 2.16. The molecule has 0 saturated carbocycles. The first-order valence-electron chi connectivity index (χ1n) is 6.78. The number of hydrogen-bond acceptors (Lipinski definition) is 3. The first-order valence-corrected chi connectivity index (χ1v) is 7.57. The maximum Gasteiger partial charge on any atom is 0.237 e. The largest absolute Gasteiger partial charge is 0.381 e. The summed E-state index contributed by atoms with van der Waals surface area (Å²) in [6.07, 6.45) is 1.51. The molecule has 20 heavy (non-hydrogen) atoms. The van der Waals surface area contributed by atoms with E-state index in [2.05, 4.69) is 22.0 Å². The molecule has 1 spiro atoms. The van der Waals surface area contributed by atoms with Crippen molar-refractivity contribution in [3.05, 3.63) is 27.7 Å². The van der Waals surface area contributed by atoms with Gasteiger partial charge in [-0.3, -0.25) is 4.79 Å². The van der Waals surface area contributed by atoms with Crippen molar-refractivity contribution >= 4 is 27.5 Å². The zero-order chi connectivity index (χ0) is 14.3. The summed E-state index contributed by atoms with van der Waals surface area (Å²) in [5, 5.41) is 0. The van der Waals surface area contributed by atoms with Crippen LogP contribution in [0, 0.1) is 0 Å². The maximum absolute atomic E-state index is 12.8. The summed E-state index contributed by atoms with van der Waals surface area (Å²) < 4.78 is 11.6. The SMILES string of the molecule is COCc1cc(Br)c2c(c1)C1(CCOCC1)C(=O)N2C. The van der Waals surface area contributed by atoms with E-state index in [1.54, 1.807) is 12.0 Å². The highest BCUT2D eigenvalue weighted by molar-refractivity contribution is 9.10. The van der Waals surface area contributed by atoms with E-state index in [-0.39, 0.29) is 5.91 Å². The van der Waals surface area contributed by atoms with Gasteiger partial charge in [-0.1, -0.05) is 6.07 Å². The van der Waals surface area contributed by atoms with Crippen LogP contribution in [0.2, 0.25) is 0 Å². The molecule has 0 aromatic heterocycles. The Labute approximate surface area is 127 Å². The number of rotatable bonds is 2. The zero-order valence-corrected chi connectivity index (χ0v) is 13.3. The van der Waals surface area contributed by atoms with Gasteiger partial charge in [0.2, 0.25) is 5.91 Å². The quantitative estimate of drug-likeness (QED) is 0.831. The Morgan fingerprint density at radius 3 is 2.75 bits per heavy atom. The highest BCUT2D eigenvalue weighted by atomic mass is 79.9. The second kappa shape index (κ2) is 5.13. The fourth-order valence-corrected chi connectivity index (χ4v) is 4.13. The van der Waals surface area contributed by atoms with Crippen molar-refractivity contribution in [1.82, 2.24) is 0 Å². The molecule has 3 rings (SSSR count). The average Bonchev–Trinajstić information content (AvgIpc) is 2.64. The molecule has 108 valence electrons. The van der Waals surface area contributed by atoms with Crippen LogP contribution in [0.1, 0.15) is 24.0 Å². The second-order valence-electron chi connectivity index (χ2n) is 5.47. The van der Waals surface area contributed by atoms with Gasteiger partial charge in [0.05, 0.1) is 17.7 Å². The second-order valence-corrected chi connectivity index (χ2v) is 6.32. The lowest BCUT2D eigenvalue weighted by molar-refractivity contribution is -0.126. The van der Waals surface area contributed by atoms with Crippen molar-refractivity contribution in [2.75, 3.05) is 32.3 Å². The highest BCUT2D eigenvalue weighted by Crippen LogP contribution is 2.50. The molecular weight excluding hydrogens is 322 g/mol. The molecule has 0 radical (unpaired) electrons. The summed E-state index contributed by atoms with van der Waals surface area (Å²) in [5.41, 5.74) is 2.80. The molecule has 4 nitrogen and oxygen atoms in total. The van der Waals surface area contributed by atoms with Crippen LogP contribution < -0.4 is 4.90 Å². The minimum atomic E-state index is -0.408. The number of carbonyl (C=O) groups excluding carboxylic acids is 1. The van der Waals surface area contributed by atoms with Gasteiger partial charge in [0, 0.05) is 31.8 Å². The number of fused-ring (bicyclic) bond motifs is 2. The number of halogens is 1. The predicted octanol–water partition coefficient (Wildman–Crippen LogP) is 2.62. The fraction of sp³-hybridized carbons (Fsp3) is 0.533. The van der Waals surface area contributed by atoms with Crippen LogP contribution in [0.4, 0.5) is 5.69 Å². The Bertz CT molecular complexity index is 552. The Morgan fingerprint density at radius 1 is 1.40 bits per heavy atom. The average molecular weight is 340 g/mol. The van der Waals surface area contributed by atoms with Crippen molar-refractivity contribution in [1.29, 1.82) is 0 Å². The van der Waals surface area contributed by atoms with E-state index in [1.807, 2.05) is 13.1 Å². The molecule has 1 aromatic rings. The maximum atomic E-state index is 12.8. The van der Waals surface area contributed by atoms with Crippen molar-refractivity contribution < 1.29 is 14.3 Å². The number of anilines is 1. The topological polar surface area (TPSA) is 38.8 Å². The molecule has 2 heterocycles. The third kappa shape index (κ3) is 1.91. The van der Waals surface area contributed by atoms with Gasteiger partial charge in [-0.15, -0.1) is 0 Å². The number of likely N-dealkylation sites (N-methyl/N-ethyl adjacent to an activating group) is 1. The fourth-order valence-electron chi connectivity index (χ4n) is 3.35. The number of hydrogen-bond donors (Lipinski definition) is 0. The summed E-state index contributed by atoms with van der Waals surface area (Å²) in [7, 11) is 3.54. The molecule has 0 aliphatic carbocycles. The van der Waals surface area contributed by atoms with Crippen molar-refractivity contribution in [2.45, 2.75) is 24.9 Å². The summed E-state index contributed by atoms with van der Waals surface area (Å²) in [5.74, 6) is 0.186. The van der Waals surface area contributed by atoms with E-state index < -0.39 is 5.41 Å². The molecule has 1 aromatic carbocycles.